The average Bonchev–Trinajstić information content (AvgIpc) is 1.80. The van der Waals surface area contributed by atoms with Gasteiger partial charge in [0.2, 0.25) is 0 Å². The number of quaternary nitrogens is 1. The molecule has 3 N–H and O–H groups in total. The molecule has 2 nitrogen and oxygen atoms in total. The molecule has 0 aromatic heterocycles. The molecule has 1 saturated heterocycles. The van der Waals surface area contributed by atoms with Crippen LogP contribution in [0, 0.1) is 5.92 Å². The smallest absolute Gasteiger partial charge is 0.0855 e. The van der Waals surface area contributed by atoms with Crippen LogP contribution in [0.5, 0.6) is 0 Å². The maximum Gasteiger partial charge on any atom is 0.0855 e. The summed E-state index contributed by atoms with van der Waals surface area (Å²) < 4.78 is 0. The summed E-state index contributed by atoms with van der Waals surface area (Å²) in [7, 11) is 0. The molecular weight excluding hydrogens is 114 g/mol. The molecule has 0 aromatic carbocycles. The SMILES string of the molecule is C[C@@H]1C[C@@H](O)[C@H](C)C[NH2+]1. The van der Waals surface area contributed by atoms with Crippen LogP contribution in [0.25, 0.3) is 0 Å². The van der Waals surface area contributed by atoms with Crippen LogP contribution < -0.4 is 5.32 Å². The monoisotopic (exact) mass is 130 g/mol. The first-order chi connectivity index (χ1) is 4.20. The van der Waals surface area contributed by atoms with E-state index in [4.69, 9.17) is 0 Å². The molecule has 3 atom stereocenters. The van der Waals surface area contributed by atoms with E-state index in [1.165, 1.54) is 0 Å². The van der Waals surface area contributed by atoms with Crippen molar-refractivity contribution < 1.29 is 10.4 Å². The van der Waals surface area contributed by atoms with Gasteiger partial charge in [-0.05, 0) is 6.92 Å². The van der Waals surface area contributed by atoms with Crippen LogP contribution >= 0.6 is 0 Å². The van der Waals surface area contributed by atoms with Crippen molar-refractivity contribution in [3.8, 4) is 0 Å². The zero-order valence-corrected chi connectivity index (χ0v) is 6.17. The van der Waals surface area contributed by atoms with Crippen molar-refractivity contribution in [1.29, 1.82) is 0 Å². The molecule has 1 heterocycles. The van der Waals surface area contributed by atoms with Crippen LogP contribution in [0.4, 0.5) is 0 Å². The van der Waals surface area contributed by atoms with Crippen molar-refractivity contribution >= 4 is 0 Å². The second-order valence-corrected chi connectivity index (χ2v) is 3.23. The summed E-state index contributed by atoms with van der Waals surface area (Å²) in [6.07, 6.45) is 0.909. The van der Waals surface area contributed by atoms with E-state index in [1.54, 1.807) is 0 Å². The molecule has 0 aliphatic carbocycles. The third kappa shape index (κ3) is 1.66. The van der Waals surface area contributed by atoms with E-state index >= 15 is 0 Å². The van der Waals surface area contributed by atoms with Crippen LogP contribution in [-0.2, 0) is 0 Å². The van der Waals surface area contributed by atoms with Gasteiger partial charge in [0, 0.05) is 12.3 Å². The second-order valence-electron chi connectivity index (χ2n) is 3.23. The molecule has 1 aliphatic rings. The Morgan fingerprint density at radius 1 is 1.44 bits per heavy atom. The zero-order chi connectivity index (χ0) is 6.85. The number of rotatable bonds is 0. The van der Waals surface area contributed by atoms with Gasteiger partial charge >= 0.3 is 0 Å². The molecule has 1 aliphatic heterocycles. The van der Waals surface area contributed by atoms with Crippen molar-refractivity contribution in [3.05, 3.63) is 0 Å². The molecule has 54 valence electrons. The lowest BCUT2D eigenvalue weighted by Crippen LogP contribution is -2.93. The summed E-state index contributed by atoms with van der Waals surface area (Å²) in [4.78, 5) is 0. The fourth-order valence-corrected chi connectivity index (χ4v) is 1.31. The van der Waals surface area contributed by atoms with Gasteiger partial charge in [-0.2, -0.15) is 0 Å². The lowest BCUT2D eigenvalue weighted by molar-refractivity contribution is -0.702. The van der Waals surface area contributed by atoms with Crippen LogP contribution in [0.2, 0.25) is 0 Å². The van der Waals surface area contributed by atoms with Gasteiger partial charge in [0.25, 0.3) is 0 Å². The van der Waals surface area contributed by atoms with Crippen LogP contribution in [0.1, 0.15) is 20.3 Å². The highest BCUT2D eigenvalue weighted by Crippen LogP contribution is 2.08. The number of hydrogen-bond acceptors (Lipinski definition) is 1. The minimum absolute atomic E-state index is 0.0509. The Kier molecular flexibility index (Phi) is 2.09. The first-order valence-corrected chi connectivity index (χ1v) is 3.71. The Hall–Kier alpha value is -0.0800. The topological polar surface area (TPSA) is 36.8 Å². The first kappa shape index (κ1) is 7.03. The van der Waals surface area contributed by atoms with Gasteiger partial charge in [0.05, 0.1) is 18.7 Å². The maximum absolute atomic E-state index is 9.33. The lowest BCUT2D eigenvalue weighted by atomic mass is 9.94. The summed E-state index contributed by atoms with van der Waals surface area (Å²) in [5.41, 5.74) is 0. The van der Waals surface area contributed by atoms with Crippen LogP contribution in [-0.4, -0.2) is 23.8 Å². The highest BCUT2D eigenvalue weighted by Gasteiger charge is 2.25. The Morgan fingerprint density at radius 3 is 2.56 bits per heavy atom. The summed E-state index contributed by atoms with van der Waals surface area (Å²) in [6, 6.07) is 0.621. The van der Waals surface area contributed by atoms with Gasteiger partial charge in [-0.3, -0.25) is 0 Å². The summed E-state index contributed by atoms with van der Waals surface area (Å²) in [5, 5.41) is 11.6. The summed E-state index contributed by atoms with van der Waals surface area (Å²) >= 11 is 0. The Balaban J connectivity index is 2.35. The van der Waals surface area contributed by atoms with Crippen molar-refractivity contribution in [2.75, 3.05) is 6.54 Å². The summed E-state index contributed by atoms with van der Waals surface area (Å²) in [5.74, 6) is 0.487. The van der Waals surface area contributed by atoms with Crippen LogP contribution in [0.3, 0.4) is 0 Å². The molecule has 0 bridgehead atoms. The van der Waals surface area contributed by atoms with E-state index < -0.39 is 0 Å². The van der Waals surface area contributed by atoms with E-state index in [-0.39, 0.29) is 6.10 Å². The van der Waals surface area contributed by atoms with Gasteiger partial charge in [0.1, 0.15) is 0 Å². The number of aliphatic hydroxyl groups excluding tert-OH is 1. The molecule has 0 radical (unpaired) electrons. The standard InChI is InChI=1S/C7H15NO/c1-5-4-8-6(2)3-7(5)9/h5-9H,3-4H2,1-2H3/p+1/t5-,6-,7-/m1/s1. The predicted molar refractivity (Wildman–Crippen MR) is 36.0 cm³/mol. The van der Waals surface area contributed by atoms with Crippen molar-refractivity contribution in [2.45, 2.75) is 32.4 Å². The Bertz CT molecular complexity index is 94.9. The van der Waals surface area contributed by atoms with E-state index in [1.807, 2.05) is 0 Å². The maximum atomic E-state index is 9.33. The van der Waals surface area contributed by atoms with Crippen molar-refractivity contribution in [1.82, 2.24) is 0 Å². The normalized spacial score (nSPS) is 45.0. The zero-order valence-electron chi connectivity index (χ0n) is 6.17. The highest BCUT2D eigenvalue weighted by molar-refractivity contribution is 4.69. The van der Waals surface area contributed by atoms with E-state index in [2.05, 4.69) is 19.2 Å². The molecule has 0 spiro atoms. The molecule has 1 rings (SSSR count). The third-order valence-corrected chi connectivity index (χ3v) is 2.18. The number of piperidine rings is 1. The third-order valence-electron chi connectivity index (χ3n) is 2.18. The van der Waals surface area contributed by atoms with Gasteiger partial charge in [0.15, 0.2) is 0 Å². The highest BCUT2D eigenvalue weighted by atomic mass is 16.3. The first-order valence-electron chi connectivity index (χ1n) is 3.71. The van der Waals surface area contributed by atoms with Crippen molar-refractivity contribution in [2.24, 2.45) is 5.92 Å². The molecule has 9 heavy (non-hydrogen) atoms. The largest absolute Gasteiger partial charge is 0.392 e. The molecular formula is C7H16NO+. The van der Waals surface area contributed by atoms with E-state index in [9.17, 15) is 5.11 Å². The van der Waals surface area contributed by atoms with Gasteiger partial charge in [-0.15, -0.1) is 0 Å². The van der Waals surface area contributed by atoms with Gasteiger partial charge < -0.3 is 10.4 Å². The minimum Gasteiger partial charge on any atom is -0.392 e. The molecule has 0 amide bonds. The number of hydrogen-bond donors (Lipinski definition) is 2. The number of aliphatic hydroxyl groups is 1. The average molecular weight is 130 g/mol. The van der Waals surface area contributed by atoms with Crippen molar-refractivity contribution in [3.63, 3.8) is 0 Å². The minimum atomic E-state index is -0.0509. The summed E-state index contributed by atoms with van der Waals surface area (Å²) in [6.45, 7) is 5.35. The fourth-order valence-electron chi connectivity index (χ4n) is 1.31. The Morgan fingerprint density at radius 2 is 2.11 bits per heavy atom. The molecule has 1 fully saturated rings. The second kappa shape index (κ2) is 2.67. The van der Waals surface area contributed by atoms with Gasteiger partial charge in [-0.25, -0.2) is 0 Å². The van der Waals surface area contributed by atoms with Gasteiger partial charge in [-0.1, -0.05) is 6.92 Å². The van der Waals surface area contributed by atoms with Crippen LogP contribution in [0.15, 0.2) is 0 Å². The quantitative estimate of drug-likeness (QED) is 0.449. The fraction of sp³-hybridized carbons (Fsp3) is 1.00. The lowest BCUT2D eigenvalue weighted by Gasteiger charge is -2.26. The molecule has 0 aromatic rings. The van der Waals surface area contributed by atoms with E-state index in [0.29, 0.717) is 12.0 Å². The molecule has 0 unspecified atom stereocenters. The molecule has 0 saturated carbocycles. The van der Waals surface area contributed by atoms with E-state index in [0.717, 1.165) is 13.0 Å². The number of nitrogens with two attached hydrogens (primary N) is 1. The predicted octanol–water partition coefficient (Wildman–Crippen LogP) is -0.661. The molecule has 2 heteroatoms. The Labute approximate surface area is 56.3 Å².